The second-order valence-corrected chi connectivity index (χ2v) is 4.93. The molecule has 0 aromatic heterocycles. The number of carbonyl (C=O) groups is 1. The average Bonchev–Trinajstić information content (AvgIpc) is 1.98. The number of piperidine rings is 1. The average molecular weight is 217 g/mol. The molecule has 1 aliphatic rings. The number of ether oxygens (including phenoxy) is 1. The Bertz CT molecular complexity index is 226. The fraction of sp³-hybridized carbons (Fsp3) is 0.900. The molecule has 2 unspecified atom stereocenters. The number of likely N-dealkylation sites (tertiary alicyclic amines) is 1. The summed E-state index contributed by atoms with van der Waals surface area (Å²) in [7, 11) is 0. The zero-order chi connectivity index (χ0) is 11.6. The third kappa shape index (κ3) is 4.05. The molecule has 0 aromatic carbocycles. The molecule has 5 nitrogen and oxygen atoms in total. The number of rotatable bonds is 0. The maximum absolute atomic E-state index is 11.6. The van der Waals surface area contributed by atoms with Gasteiger partial charge >= 0.3 is 6.09 Å². The number of nitrogens with zero attached hydrogens (tertiary/aromatic N) is 1. The molecule has 2 atom stereocenters. The molecule has 1 fully saturated rings. The topological polar surface area (TPSA) is 70.0 Å². The van der Waals surface area contributed by atoms with E-state index in [1.54, 1.807) is 20.8 Å². The number of aliphatic hydroxyl groups is 2. The number of hydrogen-bond acceptors (Lipinski definition) is 4. The maximum atomic E-state index is 11.6. The Balaban J connectivity index is 2.52. The van der Waals surface area contributed by atoms with Crippen LogP contribution >= 0.6 is 0 Å². The first-order valence-corrected chi connectivity index (χ1v) is 5.12. The predicted molar refractivity (Wildman–Crippen MR) is 54.4 cm³/mol. The highest BCUT2D eigenvalue weighted by atomic mass is 16.6. The smallest absolute Gasteiger partial charge is 0.410 e. The van der Waals surface area contributed by atoms with Crippen LogP contribution in [0.5, 0.6) is 0 Å². The lowest BCUT2D eigenvalue weighted by Gasteiger charge is -2.34. The molecule has 15 heavy (non-hydrogen) atoms. The van der Waals surface area contributed by atoms with E-state index in [0.717, 1.165) is 0 Å². The van der Waals surface area contributed by atoms with E-state index in [1.807, 2.05) is 0 Å². The van der Waals surface area contributed by atoms with Crippen molar-refractivity contribution in [1.29, 1.82) is 0 Å². The van der Waals surface area contributed by atoms with Crippen molar-refractivity contribution in [3.05, 3.63) is 0 Å². The van der Waals surface area contributed by atoms with E-state index in [-0.39, 0.29) is 13.1 Å². The molecule has 2 N–H and O–H groups in total. The van der Waals surface area contributed by atoms with Crippen molar-refractivity contribution >= 4 is 6.09 Å². The Morgan fingerprint density at radius 2 is 1.73 bits per heavy atom. The van der Waals surface area contributed by atoms with Gasteiger partial charge in [-0.05, 0) is 20.8 Å². The normalized spacial score (nSPS) is 27.7. The van der Waals surface area contributed by atoms with E-state index in [4.69, 9.17) is 4.74 Å². The quantitative estimate of drug-likeness (QED) is 0.614. The SMILES string of the molecule is CC(C)(C)OC(=O)N1CC(O)CC(O)C1. The fourth-order valence-electron chi connectivity index (χ4n) is 1.52. The second kappa shape index (κ2) is 4.37. The number of aliphatic hydroxyl groups excluding tert-OH is 2. The molecule has 0 spiro atoms. The summed E-state index contributed by atoms with van der Waals surface area (Å²) in [6, 6.07) is 0. The Labute approximate surface area is 89.6 Å². The molecule has 1 saturated heterocycles. The predicted octanol–water partition coefficient (Wildman–Crippen LogP) is 0.349. The molecule has 0 aromatic rings. The highest BCUT2D eigenvalue weighted by Gasteiger charge is 2.30. The van der Waals surface area contributed by atoms with Gasteiger partial charge in [-0.15, -0.1) is 0 Å². The molecule has 88 valence electrons. The molecule has 1 amide bonds. The number of carbonyl (C=O) groups excluding carboxylic acids is 1. The van der Waals surface area contributed by atoms with Crippen LogP contribution in [0.15, 0.2) is 0 Å². The highest BCUT2D eigenvalue weighted by molar-refractivity contribution is 5.68. The van der Waals surface area contributed by atoms with E-state index in [9.17, 15) is 15.0 Å². The van der Waals surface area contributed by atoms with E-state index >= 15 is 0 Å². The minimum Gasteiger partial charge on any atom is -0.444 e. The molecule has 1 rings (SSSR count). The summed E-state index contributed by atoms with van der Waals surface area (Å²) in [5.41, 5.74) is -0.551. The van der Waals surface area contributed by atoms with Gasteiger partial charge in [-0.3, -0.25) is 0 Å². The Kier molecular flexibility index (Phi) is 3.57. The van der Waals surface area contributed by atoms with Crippen LogP contribution in [0.3, 0.4) is 0 Å². The minimum absolute atomic E-state index is 0.228. The fourth-order valence-corrected chi connectivity index (χ4v) is 1.52. The van der Waals surface area contributed by atoms with Crippen LogP contribution in [-0.2, 0) is 4.74 Å². The lowest BCUT2D eigenvalue weighted by atomic mass is 10.1. The van der Waals surface area contributed by atoms with Crippen LogP contribution in [0.25, 0.3) is 0 Å². The molecular formula is C10H19NO4. The van der Waals surface area contributed by atoms with Crippen molar-refractivity contribution < 1.29 is 19.7 Å². The summed E-state index contributed by atoms with van der Waals surface area (Å²) < 4.78 is 5.14. The molecule has 1 heterocycles. The van der Waals surface area contributed by atoms with Gasteiger partial charge in [0.25, 0.3) is 0 Å². The lowest BCUT2D eigenvalue weighted by molar-refractivity contribution is -0.0294. The summed E-state index contributed by atoms with van der Waals surface area (Å²) in [4.78, 5) is 12.9. The maximum Gasteiger partial charge on any atom is 0.410 e. The monoisotopic (exact) mass is 217 g/mol. The number of amides is 1. The Morgan fingerprint density at radius 1 is 1.27 bits per heavy atom. The highest BCUT2D eigenvalue weighted by Crippen LogP contribution is 2.15. The molecular weight excluding hydrogens is 198 g/mol. The lowest BCUT2D eigenvalue weighted by Crippen LogP contribution is -2.49. The van der Waals surface area contributed by atoms with E-state index < -0.39 is 23.9 Å². The van der Waals surface area contributed by atoms with Crippen molar-refractivity contribution in [2.75, 3.05) is 13.1 Å². The van der Waals surface area contributed by atoms with Gasteiger partial charge in [0.2, 0.25) is 0 Å². The third-order valence-electron chi connectivity index (χ3n) is 2.06. The molecule has 0 aliphatic carbocycles. The minimum atomic E-state index is -0.665. The third-order valence-corrected chi connectivity index (χ3v) is 2.06. The first kappa shape index (κ1) is 12.3. The zero-order valence-electron chi connectivity index (χ0n) is 9.43. The first-order valence-electron chi connectivity index (χ1n) is 5.12. The van der Waals surface area contributed by atoms with Crippen LogP contribution in [0.1, 0.15) is 27.2 Å². The van der Waals surface area contributed by atoms with Crippen molar-refractivity contribution in [3.8, 4) is 0 Å². The van der Waals surface area contributed by atoms with Gasteiger partial charge in [-0.2, -0.15) is 0 Å². The second-order valence-electron chi connectivity index (χ2n) is 4.93. The van der Waals surface area contributed by atoms with E-state index in [2.05, 4.69) is 0 Å². The molecule has 5 heteroatoms. The first-order chi connectivity index (χ1) is 6.78. The van der Waals surface area contributed by atoms with E-state index in [1.165, 1.54) is 4.90 Å². The van der Waals surface area contributed by atoms with Gasteiger partial charge in [-0.1, -0.05) is 0 Å². The molecule has 1 aliphatic heterocycles. The summed E-state index contributed by atoms with van der Waals surface area (Å²) in [6.07, 6.45) is -1.50. The number of β-amino-alcohol motifs (C(OH)–C–C–N with tert-alkyl or cyclic N) is 2. The molecule has 0 bridgehead atoms. The summed E-state index contributed by atoms with van der Waals surface area (Å²) >= 11 is 0. The van der Waals surface area contributed by atoms with Crippen LogP contribution in [0, 0.1) is 0 Å². The van der Waals surface area contributed by atoms with Crippen molar-refractivity contribution in [3.63, 3.8) is 0 Å². The Morgan fingerprint density at radius 3 is 2.13 bits per heavy atom. The summed E-state index contributed by atoms with van der Waals surface area (Å²) in [6.45, 7) is 5.79. The van der Waals surface area contributed by atoms with Crippen LogP contribution < -0.4 is 0 Å². The molecule has 0 saturated carbocycles. The number of hydrogen-bond donors (Lipinski definition) is 2. The van der Waals surface area contributed by atoms with Gasteiger partial charge < -0.3 is 19.8 Å². The van der Waals surface area contributed by atoms with Gasteiger partial charge in [0.05, 0.1) is 25.3 Å². The largest absolute Gasteiger partial charge is 0.444 e. The van der Waals surface area contributed by atoms with Crippen LogP contribution in [-0.4, -0.2) is 52.1 Å². The van der Waals surface area contributed by atoms with Gasteiger partial charge in [0.15, 0.2) is 0 Å². The van der Waals surface area contributed by atoms with Crippen molar-refractivity contribution in [2.45, 2.75) is 45.0 Å². The summed E-state index contributed by atoms with van der Waals surface area (Å²) in [5, 5.41) is 18.8. The van der Waals surface area contributed by atoms with E-state index in [0.29, 0.717) is 6.42 Å². The Hall–Kier alpha value is -0.810. The van der Waals surface area contributed by atoms with Crippen LogP contribution in [0.2, 0.25) is 0 Å². The van der Waals surface area contributed by atoms with Gasteiger partial charge in [0, 0.05) is 6.42 Å². The van der Waals surface area contributed by atoms with Crippen molar-refractivity contribution in [2.24, 2.45) is 0 Å². The standard InChI is InChI=1S/C10H19NO4/c1-10(2,3)15-9(14)11-5-7(12)4-8(13)6-11/h7-8,12-13H,4-6H2,1-3H3. The molecule has 0 radical (unpaired) electrons. The summed E-state index contributed by atoms with van der Waals surface area (Å²) in [5.74, 6) is 0. The van der Waals surface area contributed by atoms with Crippen LogP contribution in [0.4, 0.5) is 4.79 Å². The zero-order valence-corrected chi connectivity index (χ0v) is 9.43. The van der Waals surface area contributed by atoms with Gasteiger partial charge in [-0.25, -0.2) is 4.79 Å². The van der Waals surface area contributed by atoms with Crippen molar-refractivity contribution in [1.82, 2.24) is 4.90 Å². The van der Waals surface area contributed by atoms with Gasteiger partial charge in [0.1, 0.15) is 5.60 Å².